The van der Waals surface area contributed by atoms with Crippen molar-refractivity contribution in [3.05, 3.63) is 35.4 Å². The molecule has 0 radical (unpaired) electrons. The summed E-state index contributed by atoms with van der Waals surface area (Å²) < 4.78 is 0. The fraction of sp³-hybridized carbons (Fsp3) is 0.562. The summed E-state index contributed by atoms with van der Waals surface area (Å²) in [5, 5.41) is 3.05. The molecule has 1 amide bonds. The van der Waals surface area contributed by atoms with E-state index < -0.39 is 0 Å². The molecule has 1 aliphatic carbocycles. The van der Waals surface area contributed by atoms with Crippen molar-refractivity contribution < 1.29 is 4.79 Å². The van der Waals surface area contributed by atoms with Crippen LogP contribution in [0, 0.1) is 0 Å². The van der Waals surface area contributed by atoms with Crippen LogP contribution in [0.15, 0.2) is 24.3 Å². The molecule has 1 aromatic rings. The number of carbonyl (C=O) groups excluding carboxylic acids is 1. The van der Waals surface area contributed by atoms with E-state index in [9.17, 15) is 4.79 Å². The summed E-state index contributed by atoms with van der Waals surface area (Å²) in [6.45, 7) is 4.68. The van der Waals surface area contributed by atoms with Crippen molar-refractivity contribution in [1.29, 1.82) is 0 Å². The lowest BCUT2D eigenvalue weighted by atomic mass is 9.70. The molecule has 3 nitrogen and oxygen atoms in total. The van der Waals surface area contributed by atoms with Crippen molar-refractivity contribution in [2.24, 2.45) is 5.73 Å². The van der Waals surface area contributed by atoms with E-state index in [4.69, 9.17) is 5.73 Å². The Hall–Kier alpha value is -1.06. The maximum absolute atomic E-state index is 12.5. The number of halogens is 1. The largest absolute Gasteiger partial charge is 0.355 e. The summed E-state index contributed by atoms with van der Waals surface area (Å²) >= 11 is 0. The Bertz CT molecular complexity index is 462. The van der Waals surface area contributed by atoms with Gasteiger partial charge in [-0.1, -0.05) is 24.3 Å². The lowest BCUT2D eigenvalue weighted by Gasteiger charge is -2.34. The van der Waals surface area contributed by atoms with Crippen molar-refractivity contribution in [2.45, 2.75) is 51.0 Å². The minimum atomic E-state index is -0.382. The normalized spacial score (nSPS) is 22.4. The van der Waals surface area contributed by atoms with Gasteiger partial charge in [0.15, 0.2) is 0 Å². The number of aryl methyl sites for hydroxylation is 1. The van der Waals surface area contributed by atoms with Gasteiger partial charge >= 0.3 is 0 Å². The Morgan fingerprint density at radius 2 is 2.15 bits per heavy atom. The van der Waals surface area contributed by atoms with E-state index >= 15 is 0 Å². The highest BCUT2D eigenvalue weighted by Crippen LogP contribution is 2.37. The van der Waals surface area contributed by atoms with Crippen molar-refractivity contribution in [1.82, 2.24) is 5.32 Å². The van der Waals surface area contributed by atoms with Gasteiger partial charge in [-0.3, -0.25) is 4.79 Å². The molecule has 0 saturated heterocycles. The van der Waals surface area contributed by atoms with Crippen LogP contribution in [0.25, 0.3) is 0 Å². The molecule has 0 saturated carbocycles. The number of carbonyl (C=O) groups is 1. The third kappa shape index (κ3) is 3.53. The fourth-order valence-corrected chi connectivity index (χ4v) is 2.89. The number of benzene rings is 1. The van der Waals surface area contributed by atoms with Crippen LogP contribution in [0.5, 0.6) is 0 Å². The van der Waals surface area contributed by atoms with Gasteiger partial charge in [0.05, 0.1) is 5.41 Å². The first-order valence-corrected chi connectivity index (χ1v) is 7.16. The average molecular weight is 297 g/mol. The first kappa shape index (κ1) is 17.0. The molecule has 3 N–H and O–H groups in total. The van der Waals surface area contributed by atoms with Crippen LogP contribution in [-0.4, -0.2) is 18.5 Å². The molecule has 1 aliphatic rings. The van der Waals surface area contributed by atoms with Crippen LogP contribution in [0.3, 0.4) is 0 Å². The number of hydrogen-bond donors (Lipinski definition) is 2. The molecule has 2 rings (SSSR count). The smallest absolute Gasteiger partial charge is 0.230 e. The second-order valence-electron chi connectivity index (χ2n) is 5.86. The zero-order valence-corrected chi connectivity index (χ0v) is 13.1. The second-order valence-corrected chi connectivity index (χ2v) is 5.86. The van der Waals surface area contributed by atoms with E-state index in [0.717, 1.165) is 25.7 Å². The van der Waals surface area contributed by atoms with Gasteiger partial charge in [-0.2, -0.15) is 0 Å². The van der Waals surface area contributed by atoms with Gasteiger partial charge in [0.25, 0.3) is 0 Å². The quantitative estimate of drug-likeness (QED) is 0.897. The molecule has 0 aromatic heterocycles. The molecular weight excluding hydrogens is 272 g/mol. The van der Waals surface area contributed by atoms with E-state index in [2.05, 4.69) is 30.4 Å². The molecule has 2 atom stereocenters. The van der Waals surface area contributed by atoms with Crippen molar-refractivity contribution in [2.75, 3.05) is 6.54 Å². The lowest BCUT2D eigenvalue weighted by molar-refractivity contribution is -0.126. The summed E-state index contributed by atoms with van der Waals surface area (Å²) in [4.78, 5) is 12.5. The Morgan fingerprint density at radius 3 is 2.85 bits per heavy atom. The molecule has 0 aliphatic heterocycles. The van der Waals surface area contributed by atoms with Crippen LogP contribution < -0.4 is 11.1 Å². The molecule has 2 unspecified atom stereocenters. The highest BCUT2D eigenvalue weighted by molar-refractivity contribution is 5.88. The summed E-state index contributed by atoms with van der Waals surface area (Å²) in [7, 11) is 0. The van der Waals surface area contributed by atoms with Crippen LogP contribution in [0.2, 0.25) is 0 Å². The number of fused-ring (bicyclic) bond motifs is 1. The van der Waals surface area contributed by atoms with Crippen LogP contribution in [0.4, 0.5) is 0 Å². The SMILES string of the molecule is CC(N)CCNC(=O)C1(C)CCCc2ccccc21.Cl. The van der Waals surface area contributed by atoms with Crippen molar-refractivity contribution in [3.63, 3.8) is 0 Å². The standard InChI is InChI=1S/C16H24N2O.ClH/c1-12(17)9-11-18-15(19)16(2)10-5-7-13-6-3-4-8-14(13)16;/h3-4,6,8,12H,5,7,9-11,17H2,1-2H3,(H,18,19);1H. The van der Waals surface area contributed by atoms with Crippen molar-refractivity contribution >= 4 is 18.3 Å². The maximum atomic E-state index is 12.5. The van der Waals surface area contributed by atoms with Gasteiger partial charge < -0.3 is 11.1 Å². The topological polar surface area (TPSA) is 55.1 Å². The number of amides is 1. The summed E-state index contributed by atoms with van der Waals surface area (Å²) in [6, 6.07) is 8.45. The Balaban J connectivity index is 0.00000200. The average Bonchev–Trinajstić information content (AvgIpc) is 2.39. The van der Waals surface area contributed by atoms with Gasteiger partial charge in [-0.05, 0) is 50.7 Å². The van der Waals surface area contributed by atoms with Crippen LogP contribution in [0.1, 0.15) is 44.2 Å². The molecule has 0 heterocycles. The Kier molecular flexibility index (Phi) is 6.03. The van der Waals surface area contributed by atoms with Gasteiger partial charge in [0.2, 0.25) is 5.91 Å². The monoisotopic (exact) mass is 296 g/mol. The summed E-state index contributed by atoms with van der Waals surface area (Å²) in [5.41, 5.74) is 7.85. The van der Waals surface area contributed by atoms with E-state index in [1.807, 2.05) is 13.0 Å². The third-order valence-electron chi connectivity index (χ3n) is 4.12. The van der Waals surface area contributed by atoms with Gasteiger partial charge in [-0.15, -0.1) is 12.4 Å². The molecule has 0 spiro atoms. The number of rotatable bonds is 4. The van der Waals surface area contributed by atoms with E-state index in [1.165, 1.54) is 11.1 Å². The highest BCUT2D eigenvalue weighted by atomic mass is 35.5. The number of nitrogens with one attached hydrogen (secondary N) is 1. The highest BCUT2D eigenvalue weighted by Gasteiger charge is 2.38. The predicted octanol–water partition coefficient (Wildman–Crippen LogP) is 2.56. The molecule has 0 fully saturated rings. The minimum Gasteiger partial charge on any atom is -0.355 e. The van der Waals surface area contributed by atoms with E-state index in [1.54, 1.807) is 0 Å². The number of hydrogen-bond acceptors (Lipinski definition) is 2. The lowest BCUT2D eigenvalue weighted by Crippen LogP contribution is -2.45. The Labute approximate surface area is 127 Å². The molecular formula is C16H25ClN2O. The van der Waals surface area contributed by atoms with Crippen LogP contribution >= 0.6 is 12.4 Å². The maximum Gasteiger partial charge on any atom is 0.230 e. The second kappa shape index (κ2) is 7.09. The van der Waals surface area contributed by atoms with E-state index in [-0.39, 0.29) is 29.8 Å². The summed E-state index contributed by atoms with van der Waals surface area (Å²) in [5.74, 6) is 0.139. The first-order chi connectivity index (χ1) is 9.04. The Morgan fingerprint density at radius 1 is 1.45 bits per heavy atom. The molecule has 0 bridgehead atoms. The molecule has 1 aromatic carbocycles. The zero-order chi connectivity index (χ0) is 13.9. The van der Waals surface area contributed by atoms with Crippen molar-refractivity contribution in [3.8, 4) is 0 Å². The molecule has 4 heteroatoms. The molecule has 20 heavy (non-hydrogen) atoms. The fourth-order valence-electron chi connectivity index (χ4n) is 2.89. The number of nitrogens with two attached hydrogens (primary N) is 1. The predicted molar refractivity (Wildman–Crippen MR) is 85.3 cm³/mol. The summed E-state index contributed by atoms with van der Waals surface area (Å²) in [6.07, 6.45) is 3.91. The van der Waals surface area contributed by atoms with Gasteiger partial charge in [-0.25, -0.2) is 0 Å². The molecule has 112 valence electrons. The first-order valence-electron chi connectivity index (χ1n) is 7.16. The van der Waals surface area contributed by atoms with E-state index in [0.29, 0.717) is 6.54 Å². The van der Waals surface area contributed by atoms with Gasteiger partial charge in [0.1, 0.15) is 0 Å². The van der Waals surface area contributed by atoms with Crippen LogP contribution in [-0.2, 0) is 16.6 Å². The zero-order valence-electron chi connectivity index (χ0n) is 12.3. The third-order valence-corrected chi connectivity index (χ3v) is 4.12. The minimum absolute atomic E-state index is 0. The van der Waals surface area contributed by atoms with Gasteiger partial charge in [0, 0.05) is 12.6 Å².